The second-order valence-electron chi connectivity index (χ2n) is 8.11. The second kappa shape index (κ2) is 24.4. The van der Waals surface area contributed by atoms with E-state index in [1.54, 1.807) is 0 Å². The minimum absolute atomic E-state index is 0.243. The van der Waals surface area contributed by atoms with Crippen LogP contribution in [0.4, 0.5) is 0 Å². The van der Waals surface area contributed by atoms with Crippen LogP contribution in [0.3, 0.4) is 0 Å². The summed E-state index contributed by atoms with van der Waals surface area (Å²) in [5.41, 5.74) is 0. The van der Waals surface area contributed by atoms with E-state index in [4.69, 9.17) is 9.47 Å². The molecule has 0 aliphatic heterocycles. The fourth-order valence-electron chi connectivity index (χ4n) is 3.50. The first-order valence-corrected chi connectivity index (χ1v) is 12.8. The lowest BCUT2D eigenvalue weighted by Gasteiger charge is -2.22. The van der Waals surface area contributed by atoms with Crippen molar-refractivity contribution in [1.29, 1.82) is 0 Å². The normalized spacial score (nSPS) is 11.4. The Balaban J connectivity index is 3.62. The van der Waals surface area contributed by atoms with Crippen molar-refractivity contribution >= 4 is 5.91 Å². The highest BCUT2D eigenvalue weighted by Gasteiger charge is 2.12. The molecule has 0 N–H and O–H groups in total. The van der Waals surface area contributed by atoms with Gasteiger partial charge in [-0.25, -0.2) is 0 Å². The van der Waals surface area contributed by atoms with Gasteiger partial charge in [0.1, 0.15) is 0 Å². The number of unbranched alkanes of at least 4 members (excludes halogenated alkanes) is 11. The van der Waals surface area contributed by atoms with Crippen molar-refractivity contribution < 1.29 is 14.3 Å². The van der Waals surface area contributed by atoms with Gasteiger partial charge in [-0.2, -0.15) is 0 Å². The van der Waals surface area contributed by atoms with Crippen LogP contribution in [0, 0.1) is 0 Å². The van der Waals surface area contributed by atoms with Crippen molar-refractivity contribution in [3.05, 3.63) is 12.2 Å². The lowest BCUT2D eigenvalue weighted by Crippen LogP contribution is -2.36. The predicted molar refractivity (Wildman–Crippen MR) is 129 cm³/mol. The fourth-order valence-corrected chi connectivity index (χ4v) is 3.50. The van der Waals surface area contributed by atoms with Gasteiger partial charge in [-0.1, -0.05) is 70.4 Å². The number of carbonyl (C=O) groups excluding carboxylic acids is 1. The zero-order valence-electron chi connectivity index (χ0n) is 20.5. The maximum Gasteiger partial charge on any atom is 0.222 e. The molecule has 0 spiro atoms. The van der Waals surface area contributed by atoms with E-state index in [0.717, 1.165) is 12.8 Å². The number of allylic oxidation sites excluding steroid dienone is 2. The number of amides is 1. The Morgan fingerprint density at radius 2 is 1.13 bits per heavy atom. The van der Waals surface area contributed by atoms with Crippen LogP contribution in [0.5, 0.6) is 0 Å². The first-order valence-electron chi connectivity index (χ1n) is 12.8. The molecular formula is C26H51NO3. The van der Waals surface area contributed by atoms with E-state index >= 15 is 0 Å². The summed E-state index contributed by atoms with van der Waals surface area (Å²) in [7, 11) is 0. The molecule has 0 bridgehead atoms. The Labute approximate surface area is 187 Å². The van der Waals surface area contributed by atoms with Crippen LogP contribution >= 0.6 is 0 Å². The highest BCUT2D eigenvalue weighted by Crippen LogP contribution is 2.10. The van der Waals surface area contributed by atoms with Crippen LogP contribution in [0.25, 0.3) is 0 Å². The summed E-state index contributed by atoms with van der Waals surface area (Å²) < 4.78 is 10.8. The summed E-state index contributed by atoms with van der Waals surface area (Å²) in [6.07, 6.45) is 22.0. The standard InChI is InChI=1S/C26H51NO3/c1-4-7-8-9-10-11-12-13-14-15-16-17-18-19-20-21-26(28)27(22-24-29-5-2)23-25-30-6-3/h13-14H,4-12,15-25H2,1-3H3. The van der Waals surface area contributed by atoms with Crippen LogP contribution in [0.15, 0.2) is 12.2 Å². The molecule has 0 atom stereocenters. The number of hydrogen-bond donors (Lipinski definition) is 0. The summed E-state index contributed by atoms with van der Waals surface area (Å²) in [5, 5.41) is 0. The van der Waals surface area contributed by atoms with Gasteiger partial charge in [-0.05, 0) is 46.0 Å². The molecule has 30 heavy (non-hydrogen) atoms. The summed E-state index contributed by atoms with van der Waals surface area (Å²) in [6.45, 7) is 10.2. The summed E-state index contributed by atoms with van der Waals surface area (Å²) in [4.78, 5) is 14.4. The van der Waals surface area contributed by atoms with Gasteiger partial charge < -0.3 is 14.4 Å². The van der Waals surface area contributed by atoms with Crippen LogP contribution in [0.1, 0.15) is 111 Å². The zero-order valence-corrected chi connectivity index (χ0v) is 20.5. The molecule has 0 heterocycles. The molecule has 1 amide bonds. The summed E-state index contributed by atoms with van der Waals surface area (Å²) in [5.74, 6) is 0.243. The molecule has 0 aliphatic carbocycles. The van der Waals surface area contributed by atoms with Crippen LogP contribution in [0.2, 0.25) is 0 Å². The molecule has 0 aromatic carbocycles. The van der Waals surface area contributed by atoms with E-state index in [1.165, 1.54) is 70.6 Å². The quantitative estimate of drug-likeness (QED) is 0.132. The third kappa shape index (κ3) is 20.4. The van der Waals surface area contributed by atoms with E-state index in [2.05, 4.69) is 19.1 Å². The van der Waals surface area contributed by atoms with Crippen molar-refractivity contribution in [2.75, 3.05) is 39.5 Å². The van der Waals surface area contributed by atoms with Crippen molar-refractivity contribution in [1.82, 2.24) is 4.90 Å². The molecule has 0 aromatic heterocycles. The average molecular weight is 426 g/mol. The molecular weight excluding hydrogens is 374 g/mol. The Morgan fingerprint density at radius 1 is 0.667 bits per heavy atom. The number of ether oxygens (including phenoxy) is 2. The zero-order chi connectivity index (χ0) is 22.1. The Hall–Kier alpha value is -0.870. The van der Waals surface area contributed by atoms with Crippen molar-refractivity contribution in [2.45, 2.75) is 111 Å². The number of rotatable bonds is 23. The molecule has 4 nitrogen and oxygen atoms in total. The molecule has 0 saturated heterocycles. The average Bonchev–Trinajstić information content (AvgIpc) is 2.75. The van der Waals surface area contributed by atoms with Crippen LogP contribution < -0.4 is 0 Å². The maximum atomic E-state index is 12.5. The second-order valence-corrected chi connectivity index (χ2v) is 8.11. The van der Waals surface area contributed by atoms with Gasteiger partial charge in [0.25, 0.3) is 0 Å². The van der Waals surface area contributed by atoms with Gasteiger partial charge in [0, 0.05) is 32.7 Å². The SMILES string of the molecule is CCCCCCCCC=CCCCCCCCC(=O)N(CCOCC)CCOCC. The monoisotopic (exact) mass is 425 g/mol. The first kappa shape index (κ1) is 29.1. The molecule has 178 valence electrons. The minimum Gasteiger partial charge on any atom is -0.380 e. The smallest absolute Gasteiger partial charge is 0.222 e. The fraction of sp³-hybridized carbons (Fsp3) is 0.885. The summed E-state index contributed by atoms with van der Waals surface area (Å²) >= 11 is 0. The lowest BCUT2D eigenvalue weighted by atomic mass is 10.1. The molecule has 0 fully saturated rings. The van der Waals surface area contributed by atoms with Crippen molar-refractivity contribution in [3.8, 4) is 0 Å². The van der Waals surface area contributed by atoms with Crippen LogP contribution in [-0.4, -0.2) is 50.3 Å². The predicted octanol–water partition coefficient (Wildman–Crippen LogP) is 6.93. The summed E-state index contributed by atoms with van der Waals surface area (Å²) in [6, 6.07) is 0. The minimum atomic E-state index is 0.243. The first-order chi connectivity index (χ1) is 14.8. The van der Waals surface area contributed by atoms with Crippen LogP contribution in [-0.2, 0) is 14.3 Å². The third-order valence-corrected chi connectivity index (χ3v) is 5.42. The van der Waals surface area contributed by atoms with Gasteiger partial charge in [0.05, 0.1) is 13.2 Å². The topological polar surface area (TPSA) is 38.8 Å². The Kier molecular flexibility index (Phi) is 23.7. The number of hydrogen-bond acceptors (Lipinski definition) is 3. The Morgan fingerprint density at radius 3 is 1.63 bits per heavy atom. The number of carbonyl (C=O) groups is 1. The van der Waals surface area contributed by atoms with Gasteiger partial charge in [0.15, 0.2) is 0 Å². The molecule has 0 saturated carbocycles. The van der Waals surface area contributed by atoms with E-state index in [1.807, 2.05) is 18.7 Å². The molecule has 4 heteroatoms. The molecule has 0 rings (SSSR count). The molecule has 0 radical (unpaired) electrons. The number of nitrogens with zero attached hydrogens (tertiary/aromatic N) is 1. The highest BCUT2D eigenvalue weighted by molar-refractivity contribution is 5.76. The van der Waals surface area contributed by atoms with E-state index < -0.39 is 0 Å². The lowest BCUT2D eigenvalue weighted by molar-refractivity contribution is -0.132. The molecule has 0 unspecified atom stereocenters. The largest absolute Gasteiger partial charge is 0.380 e. The van der Waals surface area contributed by atoms with Crippen molar-refractivity contribution in [3.63, 3.8) is 0 Å². The Bertz CT molecular complexity index is 374. The van der Waals surface area contributed by atoms with Gasteiger partial charge in [0.2, 0.25) is 5.91 Å². The maximum absolute atomic E-state index is 12.5. The third-order valence-electron chi connectivity index (χ3n) is 5.42. The van der Waals surface area contributed by atoms with E-state index in [0.29, 0.717) is 45.9 Å². The van der Waals surface area contributed by atoms with E-state index in [-0.39, 0.29) is 5.91 Å². The van der Waals surface area contributed by atoms with E-state index in [9.17, 15) is 4.79 Å². The highest BCUT2D eigenvalue weighted by atomic mass is 16.5. The molecule has 0 aromatic rings. The van der Waals surface area contributed by atoms with Gasteiger partial charge >= 0.3 is 0 Å². The van der Waals surface area contributed by atoms with Gasteiger partial charge in [-0.15, -0.1) is 0 Å². The molecule has 0 aliphatic rings. The van der Waals surface area contributed by atoms with Crippen molar-refractivity contribution in [2.24, 2.45) is 0 Å². The van der Waals surface area contributed by atoms with Gasteiger partial charge in [-0.3, -0.25) is 4.79 Å².